The summed E-state index contributed by atoms with van der Waals surface area (Å²) in [5.74, 6) is 0. The summed E-state index contributed by atoms with van der Waals surface area (Å²) in [7, 11) is 2.29. The molecule has 25 heavy (non-hydrogen) atoms. The van der Waals surface area contributed by atoms with Crippen LogP contribution in [0.25, 0.3) is 0 Å². The number of hydrogen-bond donors (Lipinski definition) is 1. The molecule has 0 aromatic carbocycles. The molecule has 1 aromatic heterocycles. The number of carbonyl (C=O) groups excluding carboxylic acids is 2. The Morgan fingerprint density at radius 2 is 1.96 bits per heavy atom. The highest BCUT2D eigenvalue weighted by Gasteiger charge is 2.40. The zero-order chi connectivity index (χ0) is 18.6. The minimum absolute atomic E-state index is 0.0929. The summed E-state index contributed by atoms with van der Waals surface area (Å²) in [6.45, 7) is 1.27. The van der Waals surface area contributed by atoms with Crippen LogP contribution in [0.3, 0.4) is 0 Å². The Kier molecular flexibility index (Phi) is 5.80. The highest BCUT2D eigenvalue weighted by Crippen LogP contribution is 2.30. The number of rotatable bonds is 4. The second kappa shape index (κ2) is 7.83. The lowest BCUT2D eigenvalue weighted by atomic mass is 10.2. The quantitative estimate of drug-likeness (QED) is 0.741. The molecular weight excluding hydrogens is 340 g/mol. The van der Waals surface area contributed by atoms with Gasteiger partial charge in [0.05, 0.1) is 14.2 Å². The van der Waals surface area contributed by atoms with Crippen molar-refractivity contribution in [3.63, 3.8) is 0 Å². The van der Waals surface area contributed by atoms with E-state index in [9.17, 15) is 19.2 Å². The van der Waals surface area contributed by atoms with Crippen molar-refractivity contribution >= 4 is 12.3 Å². The van der Waals surface area contributed by atoms with Crippen LogP contribution >= 0.6 is 0 Å². The van der Waals surface area contributed by atoms with E-state index in [1.165, 1.54) is 17.7 Å². The van der Waals surface area contributed by atoms with Crippen LogP contribution in [-0.2, 0) is 23.7 Å². The largest absolute Gasteiger partial charge is 0.508 e. The molecule has 1 N–H and O–H groups in total. The van der Waals surface area contributed by atoms with Gasteiger partial charge in [-0.2, -0.15) is 0 Å². The molecule has 1 aliphatic heterocycles. The molecule has 0 spiro atoms. The highest BCUT2D eigenvalue weighted by atomic mass is 16.7. The summed E-state index contributed by atoms with van der Waals surface area (Å²) in [4.78, 5) is 48.1. The number of nitrogens with one attached hydrogen (secondary N) is 1. The Bertz CT molecular complexity index is 753. The van der Waals surface area contributed by atoms with E-state index in [1.807, 2.05) is 0 Å². The number of hydrogen-bond acceptors (Lipinski definition) is 9. The number of H-pyrrole nitrogens is 1. The first kappa shape index (κ1) is 18.5. The fourth-order valence-corrected chi connectivity index (χ4v) is 2.33. The lowest BCUT2D eigenvalue weighted by molar-refractivity contribution is -0.0644. The van der Waals surface area contributed by atoms with Crippen LogP contribution in [0.1, 0.15) is 18.2 Å². The SMILES string of the molecule is COC(=O)OCC1OC(n2cc(C)c(=O)[nH]c2=O)CC1OC(=O)OC. The van der Waals surface area contributed by atoms with E-state index in [2.05, 4.69) is 14.5 Å². The van der Waals surface area contributed by atoms with Gasteiger partial charge in [0.2, 0.25) is 0 Å². The summed E-state index contributed by atoms with van der Waals surface area (Å²) in [5.41, 5.74) is -0.873. The van der Waals surface area contributed by atoms with Gasteiger partial charge in [-0.3, -0.25) is 14.3 Å². The molecule has 1 fully saturated rings. The van der Waals surface area contributed by atoms with Gasteiger partial charge in [0.15, 0.2) is 0 Å². The molecule has 3 atom stereocenters. The first-order valence-electron chi connectivity index (χ1n) is 7.28. The van der Waals surface area contributed by atoms with E-state index in [-0.39, 0.29) is 13.0 Å². The molecule has 3 unspecified atom stereocenters. The topological polar surface area (TPSA) is 135 Å². The van der Waals surface area contributed by atoms with E-state index in [4.69, 9.17) is 14.2 Å². The Morgan fingerprint density at radius 1 is 1.28 bits per heavy atom. The third-order valence-electron chi connectivity index (χ3n) is 3.58. The maximum absolute atomic E-state index is 12.0. The van der Waals surface area contributed by atoms with Gasteiger partial charge in [-0.05, 0) is 6.92 Å². The van der Waals surface area contributed by atoms with Crippen molar-refractivity contribution in [3.05, 3.63) is 32.6 Å². The molecule has 1 saturated heterocycles. The van der Waals surface area contributed by atoms with Crippen LogP contribution in [0, 0.1) is 6.92 Å². The average Bonchev–Trinajstić information content (AvgIpc) is 2.98. The van der Waals surface area contributed by atoms with Crippen LogP contribution in [0.15, 0.2) is 15.8 Å². The molecule has 2 rings (SSSR count). The van der Waals surface area contributed by atoms with Crippen molar-refractivity contribution in [1.29, 1.82) is 0 Å². The fourth-order valence-electron chi connectivity index (χ4n) is 2.33. The molecule has 0 saturated carbocycles. The van der Waals surface area contributed by atoms with Crippen molar-refractivity contribution in [1.82, 2.24) is 9.55 Å². The van der Waals surface area contributed by atoms with Gasteiger partial charge in [0.1, 0.15) is 25.0 Å². The van der Waals surface area contributed by atoms with Gasteiger partial charge >= 0.3 is 18.0 Å². The second-order valence-corrected chi connectivity index (χ2v) is 5.22. The van der Waals surface area contributed by atoms with Crippen molar-refractivity contribution in [3.8, 4) is 0 Å². The van der Waals surface area contributed by atoms with E-state index in [0.29, 0.717) is 5.56 Å². The van der Waals surface area contributed by atoms with E-state index >= 15 is 0 Å². The van der Waals surface area contributed by atoms with E-state index in [1.54, 1.807) is 0 Å². The Morgan fingerprint density at radius 3 is 2.60 bits per heavy atom. The molecule has 11 nitrogen and oxygen atoms in total. The molecule has 138 valence electrons. The van der Waals surface area contributed by atoms with E-state index in [0.717, 1.165) is 14.2 Å². The summed E-state index contributed by atoms with van der Waals surface area (Å²) in [6.07, 6.45) is -2.95. The van der Waals surface area contributed by atoms with Crippen LogP contribution in [0.4, 0.5) is 9.59 Å². The highest BCUT2D eigenvalue weighted by molar-refractivity contribution is 5.60. The predicted octanol–water partition coefficient (Wildman–Crippen LogP) is 0.0671. The maximum atomic E-state index is 12.0. The number of aryl methyl sites for hydroxylation is 1. The third-order valence-corrected chi connectivity index (χ3v) is 3.58. The van der Waals surface area contributed by atoms with Crippen LogP contribution in [-0.4, -0.2) is 54.9 Å². The van der Waals surface area contributed by atoms with Crippen molar-refractivity contribution in [2.24, 2.45) is 0 Å². The van der Waals surface area contributed by atoms with Gasteiger partial charge in [-0.15, -0.1) is 0 Å². The number of nitrogens with zero attached hydrogens (tertiary/aromatic N) is 1. The van der Waals surface area contributed by atoms with Gasteiger partial charge in [-0.1, -0.05) is 0 Å². The molecule has 2 heterocycles. The lowest BCUT2D eigenvalue weighted by Gasteiger charge is -2.17. The second-order valence-electron chi connectivity index (χ2n) is 5.22. The monoisotopic (exact) mass is 358 g/mol. The standard InChI is InChI=1S/C14H18N2O9/c1-7-5-16(12(18)15-11(7)17)10-4-8(25-14(20)22-3)9(24-10)6-23-13(19)21-2/h5,8-10H,4,6H2,1-3H3,(H,15,17,18). The molecular formula is C14H18N2O9. The minimum atomic E-state index is -0.942. The predicted molar refractivity (Wildman–Crippen MR) is 80.2 cm³/mol. The normalized spacial score (nSPS) is 22.3. The zero-order valence-corrected chi connectivity index (χ0v) is 13.8. The molecule has 0 radical (unpaired) electrons. The van der Waals surface area contributed by atoms with Crippen molar-refractivity contribution < 1.29 is 33.3 Å². The number of ether oxygens (including phenoxy) is 5. The average molecular weight is 358 g/mol. The molecule has 1 aliphatic rings. The minimum Gasteiger partial charge on any atom is -0.438 e. The molecule has 11 heteroatoms. The molecule has 0 aliphatic carbocycles. The molecule has 0 amide bonds. The first-order chi connectivity index (χ1) is 11.8. The van der Waals surface area contributed by atoms with Gasteiger partial charge in [0.25, 0.3) is 5.56 Å². The molecule has 1 aromatic rings. The summed E-state index contributed by atoms with van der Waals surface area (Å²) >= 11 is 0. The van der Waals surface area contributed by atoms with Crippen molar-refractivity contribution in [2.75, 3.05) is 20.8 Å². The lowest BCUT2D eigenvalue weighted by Crippen LogP contribution is -2.33. The summed E-state index contributed by atoms with van der Waals surface area (Å²) < 4.78 is 25.5. The van der Waals surface area contributed by atoms with Crippen molar-refractivity contribution in [2.45, 2.75) is 31.8 Å². The summed E-state index contributed by atoms with van der Waals surface area (Å²) in [6, 6.07) is 0. The first-order valence-corrected chi connectivity index (χ1v) is 7.28. The van der Waals surface area contributed by atoms with Crippen LogP contribution in [0.2, 0.25) is 0 Å². The zero-order valence-electron chi connectivity index (χ0n) is 13.8. The van der Waals surface area contributed by atoms with E-state index < -0.39 is 42.0 Å². The number of methoxy groups -OCH3 is 2. The third kappa shape index (κ3) is 4.38. The summed E-state index contributed by atoms with van der Waals surface area (Å²) in [5, 5.41) is 0. The number of carbonyl (C=O) groups is 2. The van der Waals surface area contributed by atoms with Crippen LogP contribution in [0.5, 0.6) is 0 Å². The number of aromatic amines is 1. The van der Waals surface area contributed by atoms with Gasteiger partial charge < -0.3 is 23.7 Å². The fraction of sp³-hybridized carbons (Fsp3) is 0.571. The molecule has 0 bridgehead atoms. The van der Waals surface area contributed by atoms with Crippen LogP contribution < -0.4 is 11.2 Å². The Labute approximate surface area is 141 Å². The Balaban J connectivity index is 2.20. The maximum Gasteiger partial charge on any atom is 0.508 e. The van der Waals surface area contributed by atoms with Gasteiger partial charge in [0, 0.05) is 18.2 Å². The smallest absolute Gasteiger partial charge is 0.438 e. The number of aromatic nitrogens is 2. The van der Waals surface area contributed by atoms with Gasteiger partial charge in [-0.25, -0.2) is 14.4 Å². The Hall–Kier alpha value is -2.82.